The van der Waals surface area contributed by atoms with E-state index in [4.69, 9.17) is 9.47 Å². The van der Waals surface area contributed by atoms with E-state index >= 15 is 0 Å². The quantitative estimate of drug-likeness (QED) is 0.751. The monoisotopic (exact) mass is 389 g/mol. The van der Waals surface area contributed by atoms with Gasteiger partial charge in [-0.3, -0.25) is 9.48 Å². The molecule has 2 aromatic rings. The fourth-order valence-corrected chi connectivity index (χ4v) is 3.37. The Bertz CT molecular complexity index is 838. The van der Waals surface area contributed by atoms with Crippen LogP contribution in [0, 0.1) is 5.92 Å². The van der Waals surface area contributed by atoms with Crippen molar-refractivity contribution in [3.63, 3.8) is 0 Å². The lowest BCUT2D eigenvalue weighted by atomic mass is 10.0. The van der Waals surface area contributed by atoms with E-state index in [1.807, 2.05) is 22.9 Å². The van der Waals surface area contributed by atoms with E-state index in [2.05, 4.69) is 18.9 Å². The molecule has 2 heterocycles. The summed E-state index contributed by atoms with van der Waals surface area (Å²) in [6, 6.07) is 6.08. The SMILES string of the molecule is COCc1ccc2c(c1)c(OC(C)(C)C(=O)N1CC(O)C1)nn2CCC(C)C. The molecule has 28 heavy (non-hydrogen) atoms. The van der Waals surface area contributed by atoms with E-state index in [1.54, 1.807) is 25.9 Å². The molecule has 154 valence electrons. The predicted octanol–water partition coefficient (Wildman–Crippen LogP) is 2.59. The standard InChI is InChI=1S/C21H31N3O4/c1-14(2)8-9-24-18-7-6-15(13-27-5)10-17(18)19(22-24)28-21(3,4)20(26)23-11-16(25)12-23/h6-7,10,14,16,25H,8-9,11-13H2,1-5H3. The first-order chi connectivity index (χ1) is 13.2. The van der Waals surface area contributed by atoms with E-state index in [1.165, 1.54) is 0 Å². The molecule has 0 atom stereocenters. The molecule has 7 heteroatoms. The summed E-state index contributed by atoms with van der Waals surface area (Å²) in [5, 5.41) is 15.0. The number of amides is 1. The number of aromatic nitrogens is 2. The molecule has 0 aliphatic carbocycles. The molecular formula is C21H31N3O4. The number of aliphatic hydroxyl groups is 1. The number of hydrogen-bond acceptors (Lipinski definition) is 5. The van der Waals surface area contributed by atoms with Gasteiger partial charge in [0.25, 0.3) is 5.91 Å². The highest BCUT2D eigenvalue weighted by molar-refractivity contribution is 5.88. The van der Waals surface area contributed by atoms with Crippen LogP contribution in [-0.4, -0.2) is 57.6 Å². The van der Waals surface area contributed by atoms with Crippen LogP contribution in [0.2, 0.25) is 0 Å². The predicted molar refractivity (Wildman–Crippen MR) is 107 cm³/mol. The van der Waals surface area contributed by atoms with Gasteiger partial charge in [0.05, 0.1) is 23.6 Å². The Labute approximate surface area is 166 Å². The van der Waals surface area contributed by atoms with E-state index in [-0.39, 0.29) is 5.91 Å². The smallest absolute Gasteiger partial charge is 0.266 e. The number of likely N-dealkylation sites (tertiary alicyclic amines) is 1. The number of hydrogen-bond donors (Lipinski definition) is 1. The van der Waals surface area contributed by atoms with Crippen molar-refractivity contribution in [3.8, 4) is 5.88 Å². The van der Waals surface area contributed by atoms with Gasteiger partial charge in [-0.05, 0) is 43.9 Å². The van der Waals surface area contributed by atoms with Crippen molar-refractivity contribution >= 4 is 16.8 Å². The number of methoxy groups -OCH3 is 1. The zero-order chi connectivity index (χ0) is 20.5. The van der Waals surface area contributed by atoms with Crippen LogP contribution in [0.15, 0.2) is 18.2 Å². The molecule has 1 aromatic carbocycles. The summed E-state index contributed by atoms with van der Waals surface area (Å²) in [6.45, 7) is 9.86. The molecule has 0 bridgehead atoms. The molecule has 1 N–H and O–H groups in total. The van der Waals surface area contributed by atoms with Gasteiger partial charge in [-0.25, -0.2) is 0 Å². The van der Waals surface area contributed by atoms with Gasteiger partial charge in [-0.2, -0.15) is 0 Å². The lowest BCUT2D eigenvalue weighted by Crippen LogP contribution is -2.60. The average Bonchev–Trinajstić information content (AvgIpc) is 2.93. The fraction of sp³-hybridized carbons (Fsp3) is 0.619. The molecule has 1 aliphatic rings. The number of carbonyl (C=O) groups excluding carboxylic acids is 1. The highest BCUT2D eigenvalue weighted by atomic mass is 16.5. The summed E-state index contributed by atoms with van der Waals surface area (Å²) in [5.41, 5.74) is 0.943. The molecule has 1 aliphatic heterocycles. The first kappa shape index (κ1) is 20.6. The molecule has 1 fully saturated rings. The number of rotatable bonds is 8. The number of aryl methyl sites for hydroxylation is 1. The summed E-state index contributed by atoms with van der Waals surface area (Å²) < 4.78 is 13.4. The minimum Gasteiger partial charge on any atom is -0.460 e. The Hall–Kier alpha value is -2.12. The number of carbonyl (C=O) groups is 1. The number of aliphatic hydroxyl groups excluding tert-OH is 1. The molecule has 1 amide bonds. The molecule has 3 rings (SSSR count). The molecular weight excluding hydrogens is 358 g/mol. The lowest BCUT2D eigenvalue weighted by molar-refractivity contribution is -0.155. The molecule has 7 nitrogen and oxygen atoms in total. The van der Waals surface area contributed by atoms with E-state index in [0.29, 0.717) is 31.5 Å². The van der Waals surface area contributed by atoms with Crippen LogP contribution in [0.3, 0.4) is 0 Å². The van der Waals surface area contributed by atoms with Crippen molar-refractivity contribution in [2.24, 2.45) is 5.92 Å². The van der Waals surface area contributed by atoms with Gasteiger partial charge in [0.2, 0.25) is 5.88 Å². The third-order valence-corrected chi connectivity index (χ3v) is 5.03. The highest BCUT2D eigenvalue weighted by Crippen LogP contribution is 2.31. The fourth-order valence-electron chi connectivity index (χ4n) is 3.37. The number of benzene rings is 1. The van der Waals surface area contributed by atoms with Crippen molar-refractivity contribution in [2.75, 3.05) is 20.2 Å². The summed E-state index contributed by atoms with van der Waals surface area (Å²) >= 11 is 0. The third-order valence-electron chi connectivity index (χ3n) is 5.03. The summed E-state index contributed by atoms with van der Waals surface area (Å²) in [7, 11) is 1.66. The number of β-amino-alcohol motifs (C(OH)–C–C–N with tert-alkyl or cyclic N) is 1. The molecule has 0 spiro atoms. The second-order valence-electron chi connectivity index (χ2n) is 8.47. The summed E-state index contributed by atoms with van der Waals surface area (Å²) in [6.07, 6.45) is 0.566. The van der Waals surface area contributed by atoms with Crippen molar-refractivity contribution < 1.29 is 19.4 Å². The van der Waals surface area contributed by atoms with E-state index in [0.717, 1.165) is 29.4 Å². The second-order valence-corrected chi connectivity index (χ2v) is 8.47. The topological polar surface area (TPSA) is 76.8 Å². The van der Waals surface area contributed by atoms with Gasteiger partial charge in [0, 0.05) is 26.7 Å². The average molecular weight is 389 g/mol. The van der Waals surface area contributed by atoms with Crippen LogP contribution in [0.5, 0.6) is 5.88 Å². The maximum atomic E-state index is 12.8. The third kappa shape index (κ3) is 4.31. The van der Waals surface area contributed by atoms with Gasteiger partial charge in [-0.1, -0.05) is 19.9 Å². The summed E-state index contributed by atoms with van der Waals surface area (Å²) in [5.74, 6) is 0.874. The normalized spacial score (nSPS) is 15.3. The highest BCUT2D eigenvalue weighted by Gasteiger charge is 2.40. The van der Waals surface area contributed by atoms with Gasteiger partial charge in [-0.15, -0.1) is 5.10 Å². The Morgan fingerprint density at radius 3 is 2.68 bits per heavy atom. The Morgan fingerprint density at radius 1 is 1.36 bits per heavy atom. The maximum Gasteiger partial charge on any atom is 0.266 e. The van der Waals surface area contributed by atoms with Crippen LogP contribution >= 0.6 is 0 Å². The van der Waals surface area contributed by atoms with Crippen LogP contribution in [0.25, 0.3) is 10.9 Å². The number of fused-ring (bicyclic) bond motifs is 1. The number of ether oxygens (including phenoxy) is 2. The molecule has 0 saturated carbocycles. The van der Waals surface area contributed by atoms with Crippen LogP contribution < -0.4 is 4.74 Å². The first-order valence-electron chi connectivity index (χ1n) is 9.86. The van der Waals surface area contributed by atoms with Crippen LogP contribution in [0.4, 0.5) is 0 Å². The van der Waals surface area contributed by atoms with Crippen LogP contribution in [-0.2, 0) is 22.7 Å². The van der Waals surface area contributed by atoms with Crippen molar-refractivity contribution in [3.05, 3.63) is 23.8 Å². The van der Waals surface area contributed by atoms with Crippen molar-refractivity contribution in [1.82, 2.24) is 14.7 Å². The Kier molecular flexibility index (Phi) is 5.95. The first-order valence-corrected chi connectivity index (χ1v) is 9.86. The van der Waals surface area contributed by atoms with Gasteiger partial charge >= 0.3 is 0 Å². The zero-order valence-electron chi connectivity index (χ0n) is 17.4. The van der Waals surface area contributed by atoms with E-state index in [9.17, 15) is 9.90 Å². The van der Waals surface area contributed by atoms with Crippen molar-refractivity contribution in [2.45, 2.75) is 59.0 Å². The second kappa shape index (κ2) is 8.09. The Balaban J connectivity index is 1.91. The lowest BCUT2D eigenvalue weighted by Gasteiger charge is -2.40. The van der Waals surface area contributed by atoms with Crippen molar-refractivity contribution in [1.29, 1.82) is 0 Å². The van der Waals surface area contributed by atoms with Gasteiger partial charge < -0.3 is 19.5 Å². The van der Waals surface area contributed by atoms with Gasteiger partial charge in [0.15, 0.2) is 5.60 Å². The zero-order valence-corrected chi connectivity index (χ0v) is 17.4. The maximum absolute atomic E-state index is 12.8. The number of nitrogens with zero attached hydrogens (tertiary/aromatic N) is 3. The van der Waals surface area contributed by atoms with Gasteiger partial charge in [0.1, 0.15) is 0 Å². The summed E-state index contributed by atoms with van der Waals surface area (Å²) in [4.78, 5) is 14.4. The van der Waals surface area contributed by atoms with E-state index < -0.39 is 11.7 Å². The minimum absolute atomic E-state index is 0.143. The Morgan fingerprint density at radius 2 is 2.07 bits per heavy atom. The minimum atomic E-state index is -1.07. The molecule has 0 radical (unpaired) electrons. The molecule has 1 aromatic heterocycles. The largest absolute Gasteiger partial charge is 0.460 e. The molecule has 1 saturated heterocycles. The van der Waals surface area contributed by atoms with Crippen LogP contribution in [0.1, 0.15) is 39.7 Å². The molecule has 0 unspecified atom stereocenters.